The fourth-order valence-corrected chi connectivity index (χ4v) is 0.0170. The molecular formula is C2O3V. The Morgan fingerprint density at radius 2 is 1.50 bits per heavy atom. The van der Waals surface area contributed by atoms with Gasteiger partial charge in [-0.05, 0) is 0 Å². The van der Waals surface area contributed by atoms with Gasteiger partial charge in [-0.2, -0.15) is 0 Å². The minimum Gasteiger partial charge on any atom is -0.783 e. The molecule has 3 nitrogen and oxygen atoms in total. The first-order valence-corrected chi connectivity index (χ1v) is 0.816. The predicted molar refractivity (Wildman–Crippen MR) is 12.5 cm³/mol. The van der Waals surface area contributed by atoms with Gasteiger partial charge in [-0.25, -0.2) is 0 Å². The van der Waals surface area contributed by atoms with Crippen molar-refractivity contribution >= 4 is 12.9 Å². The van der Waals surface area contributed by atoms with Crippen LogP contribution >= 0.6 is 0 Å². The van der Waals surface area contributed by atoms with Crippen molar-refractivity contribution in [3.63, 3.8) is 0 Å². The van der Waals surface area contributed by atoms with Gasteiger partial charge in [0.1, 0.15) is 0 Å². The Bertz CT molecular complexity index is 38.1. The molecular weight excluding hydrogens is 123 g/mol. The maximum Gasteiger partial charge on any atom is 2.00 e. The summed E-state index contributed by atoms with van der Waals surface area (Å²) in [5, 5.41) is 0. The van der Waals surface area contributed by atoms with Crippen LogP contribution in [0, 0.1) is 0 Å². The molecule has 0 rings (SSSR count). The first kappa shape index (κ1) is 9.21. The van der Waals surface area contributed by atoms with Crippen LogP contribution in [0.25, 0.3) is 0 Å². The van der Waals surface area contributed by atoms with Gasteiger partial charge in [0.15, 0.2) is 0 Å². The molecule has 0 fully saturated rings. The molecule has 0 aliphatic heterocycles. The van der Waals surface area contributed by atoms with Crippen molar-refractivity contribution < 1.29 is 32.9 Å². The second kappa shape index (κ2) is 8.83. The third kappa shape index (κ3) is 9.30. The Kier molecular flexibility index (Phi) is 13.6. The molecule has 31 valence electrons. The smallest absolute Gasteiger partial charge is 0.783 e. The summed E-state index contributed by atoms with van der Waals surface area (Å²) in [4.78, 5) is 17.6. The van der Waals surface area contributed by atoms with Gasteiger partial charge >= 0.3 is 18.6 Å². The summed E-state index contributed by atoms with van der Waals surface area (Å²) < 4.78 is 3.22. The SMILES string of the molecule is O=[C-]O[C-]=O.[V+2]. The van der Waals surface area contributed by atoms with E-state index in [0.717, 1.165) is 12.9 Å². The first-order valence-electron chi connectivity index (χ1n) is 0.816. The van der Waals surface area contributed by atoms with Gasteiger partial charge in [-0.3, -0.25) is 0 Å². The Labute approximate surface area is 46.5 Å². The molecule has 0 aromatic heterocycles. The molecule has 0 aromatic rings. The fourth-order valence-electron chi connectivity index (χ4n) is 0.0170. The molecule has 0 spiro atoms. The molecule has 0 atom stereocenters. The molecule has 0 amide bonds. The molecule has 0 saturated carbocycles. The van der Waals surface area contributed by atoms with Crippen molar-refractivity contribution in [1.29, 1.82) is 0 Å². The first-order chi connectivity index (χ1) is 2.41. The van der Waals surface area contributed by atoms with Gasteiger partial charge < -0.3 is 14.3 Å². The van der Waals surface area contributed by atoms with Crippen molar-refractivity contribution in [2.24, 2.45) is 0 Å². The van der Waals surface area contributed by atoms with Crippen LogP contribution in [-0.2, 0) is 32.9 Å². The van der Waals surface area contributed by atoms with Crippen LogP contribution in [0.4, 0.5) is 0 Å². The third-order valence-corrected chi connectivity index (χ3v) is 0.0833. The monoisotopic (exact) mass is 123 g/mol. The Hall–Kier alpha value is -0.276. The molecule has 0 unspecified atom stereocenters. The van der Waals surface area contributed by atoms with Crippen molar-refractivity contribution in [3.05, 3.63) is 0 Å². The standard InChI is InChI=1S/C2O3.V/c3-1-5-2-4;/q-2;+2. The topological polar surface area (TPSA) is 43.4 Å². The summed E-state index contributed by atoms with van der Waals surface area (Å²) >= 11 is 0. The van der Waals surface area contributed by atoms with E-state index in [4.69, 9.17) is 9.59 Å². The molecule has 1 radical (unpaired) electrons. The Balaban J connectivity index is 0. The quantitative estimate of drug-likeness (QED) is 0.354. The molecule has 0 heterocycles. The number of ether oxygens (including phenoxy) is 1. The molecule has 0 saturated heterocycles. The van der Waals surface area contributed by atoms with E-state index < -0.39 is 0 Å². The number of carbonyl (C=O) groups excluding carboxylic acids is 2. The largest absolute Gasteiger partial charge is 2.00 e. The van der Waals surface area contributed by atoms with Gasteiger partial charge in [0.2, 0.25) is 0 Å². The summed E-state index contributed by atoms with van der Waals surface area (Å²) in [6.07, 6.45) is 0. The molecule has 0 N–H and O–H groups in total. The van der Waals surface area contributed by atoms with E-state index in [-0.39, 0.29) is 18.6 Å². The van der Waals surface area contributed by atoms with Crippen molar-refractivity contribution in [2.45, 2.75) is 0 Å². The zero-order valence-electron chi connectivity index (χ0n) is 2.67. The van der Waals surface area contributed by atoms with Crippen LogP contribution in [0.1, 0.15) is 0 Å². The van der Waals surface area contributed by atoms with Gasteiger partial charge in [0.25, 0.3) is 0 Å². The Morgan fingerprint density at radius 3 is 1.50 bits per heavy atom. The summed E-state index contributed by atoms with van der Waals surface area (Å²) in [5.41, 5.74) is 0. The van der Waals surface area contributed by atoms with Gasteiger partial charge in [0.05, 0.1) is 0 Å². The van der Waals surface area contributed by atoms with E-state index in [2.05, 4.69) is 4.74 Å². The van der Waals surface area contributed by atoms with Crippen molar-refractivity contribution in [1.82, 2.24) is 0 Å². The van der Waals surface area contributed by atoms with E-state index in [1.54, 1.807) is 0 Å². The number of hydrogen-bond donors (Lipinski definition) is 0. The number of hydrogen-bond acceptors (Lipinski definition) is 3. The molecule has 0 bridgehead atoms. The molecule has 4 heteroatoms. The summed E-state index contributed by atoms with van der Waals surface area (Å²) in [7, 11) is 0. The van der Waals surface area contributed by atoms with Crippen LogP contribution in [-0.4, -0.2) is 12.9 Å². The van der Waals surface area contributed by atoms with Crippen LogP contribution in [0.2, 0.25) is 0 Å². The van der Waals surface area contributed by atoms with Crippen LogP contribution in [0.5, 0.6) is 0 Å². The van der Waals surface area contributed by atoms with Gasteiger partial charge in [-0.15, -0.1) is 12.9 Å². The summed E-state index contributed by atoms with van der Waals surface area (Å²) in [6.45, 7) is 1.69. The average molecular weight is 123 g/mol. The molecule has 0 aliphatic carbocycles. The van der Waals surface area contributed by atoms with Crippen LogP contribution in [0.3, 0.4) is 0 Å². The third-order valence-electron chi connectivity index (χ3n) is 0.0833. The van der Waals surface area contributed by atoms with Crippen LogP contribution < -0.4 is 0 Å². The summed E-state index contributed by atoms with van der Waals surface area (Å²) in [5.74, 6) is 0. The second-order valence-electron chi connectivity index (χ2n) is 0.269. The predicted octanol–water partition coefficient (Wildman–Crippen LogP) is -0.865. The second-order valence-corrected chi connectivity index (χ2v) is 0.269. The van der Waals surface area contributed by atoms with E-state index in [0.29, 0.717) is 0 Å². The van der Waals surface area contributed by atoms with Gasteiger partial charge in [-0.1, -0.05) is 0 Å². The molecule has 0 aliphatic rings. The van der Waals surface area contributed by atoms with Crippen molar-refractivity contribution in [3.8, 4) is 0 Å². The van der Waals surface area contributed by atoms with E-state index in [1.807, 2.05) is 0 Å². The normalized spacial score (nSPS) is 4.67. The zero-order chi connectivity index (χ0) is 4.12. The minimum absolute atomic E-state index is 0. The maximum atomic E-state index is 8.80. The van der Waals surface area contributed by atoms with Crippen molar-refractivity contribution in [2.75, 3.05) is 0 Å². The maximum absolute atomic E-state index is 8.80. The summed E-state index contributed by atoms with van der Waals surface area (Å²) in [6, 6.07) is 0. The Morgan fingerprint density at radius 1 is 1.17 bits per heavy atom. The fraction of sp³-hybridized carbons (Fsp3) is 0. The molecule has 0 aromatic carbocycles. The minimum atomic E-state index is 0. The van der Waals surface area contributed by atoms with E-state index in [9.17, 15) is 0 Å². The van der Waals surface area contributed by atoms with Crippen LogP contribution in [0.15, 0.2) is 0 Å². The molecule has 6 heavy (non-hydrogen) atoms. The number of rotatable bonds is 2. The zero-order valence-corrected chi connectivity index (χ0v) is 4.07. The van der Waals surface area contributed by atoms with Gasteiger partial charge in [0, 0.05) is 0 Å². The average Bonchev–Trinajstić information content (AvgIpc) is 1.41. The van der Waals surface area contributed by atoms with E-state index >= 15 is 0 Å². The van der Waals surface area contributed by atoms with E-state index in [1.165, 1.54) is 0 Å².